The summed E-state index contributed by atoms with van der Waals surface area (Å²) >= 11 is 0. The van der Waals surface area contributed by atoms with Gasteiger partial charge in [0, 0.05) is 32.2 Å². The van der Waals surface area contributed by atoms with Gasteiger partial charge in [-0.15, -0.1) is 0 Å². The molecule has 0 saturated carbocycles. The molecule has 3 aromatic carbocycles. The van der Waals surface area contributed by atoms with Crippen molar-refractivity contribution in [2.24, 2.45) is 0 Å². The Hall–Kier alpha value is -3.68. The predicted octanol–water partition coefficient (Wildman–Crippen LogP) is 3.35. The summed E-state index contributed by atoms with van der Waals surface area (Å²) in [6, 6.07) is 24.8. The summed E-state index contributed by atoms with van der Waals surface area (Å²) in [5.74, 6) is 0.139. The Balaban J connectivity index is 1.19. The van der Waals surface area contributed by atoms with Crippen LogP contribution in [0.3, 0.4) is 0 Å². The Kier molecular flexibility index (Phi) is 5.72. The molecule has 1 amide bonds. The van der Waals surface area contributed by atoms with E-state index in [0.29, 0.717) is 42.6 Å². The van der Waals surface area contributed by atoms with E-state index in [9.17, 15) is 9.59 Å². The summed E-state index contributed by atoms with van der Waals surface area (Å²) < 4.78 is 11.3. The Morgan fingerprint density at radius 1 is 0.743 bits per heavy atom. The summed E-state index contributed by atoms with van der Waals surface area (Å²) in [4.78, 5) is 31.8. The van der Waals surface area contributed by atoms with E-state index in [1.807, 2.05) is 12.1 Å². The second-order valence-electron chi connectivity index (χ2n) is 9.09. The highest BCUT2D eigenvalue weighted by Gasteiger charge is 2.39. The maximum absolute atomic E-state index is 12.9. The van der Waals surface area contributed by atoms with Crippen LogP contribution in [0, 0.1) is 0 Å². The Morgan fingerprint density at radius 2 is 1.31 bits per heavy atom. The van der Waals surface area contributed by atoms with Crippen LogP contribution >= 0.6 is 0 Å². The number of ether oxygens (including phenoxy) is 2. The molecule has 0 radical (unpaired) electrons. The molecule has 7 heteroatoms. The first-order valence-electron chi connectivity index (χ1n) is 12.1. The molecule has 0 unspecified atom stereocenters. The van der Waals surface area contributed by atoms with Gasteiger partial charge in [-0.1, -0.05) is 60.7 Å². The van der Waals surface area contributed by atoms with Crippen LogP contribution in [0.25, 0.3) is 0 Å². The second-order valence-corrected chi connectivity index (χ2v) is 9.09. The molecule has 0 aliphatic carbocycles. The monoisotopic (exact) mass is 469 g/mol. The number of carbonyl (C=O) groups is 2. The number of benzene rings is 3. The molecule has 0 bridgehead atoms. The highest BCUT2D eigenvalue weighted by Crippen LogP contribution is 2.40. The summed E-state index contributed by atoms with van der Waals surface area (Å²) in [5.41, 5.74) is 3.55. The normalized spacial score (nSPS) is 18.3. The van der Waals surface area contributed by atoms with Gasteiger partial charge in [0.15, 0.2) is 11.5 Å². The third kappa shape index (κ3) is 4.07. The molecule has 35 heavy (non-hydrogen) atoms. The summed E-state index contributed by atoms with van der Waals surface area (Å²) in [7, 11) is 0. The van der Waals surface area contributed by atoms with Crippen molar-refractivity contribution in [1.82, 2.24) is 9.80 Å². The van der Waals surface area contributed by atoms with E-state index in [4.69, 9.17) is 9.47 Å². The summed E-state index contributed by atoms with van der Waals surface area (Å²) in [6.07, 6.45) is 0. The van der Waals surface area contributed by atoms with Crippen LogP contribution in [0.15, 0.2) is 72.8 Å². The van der Waals surface area contributed by atoms with Gasteiger partial charge in [0.05, 0.1) is 24.0 Å². The van der Waals surface area contributed by atoms with E-state index in [-0.39, 0.29) is 6.04 Å². The second kappa shape index (κ2) is 9.17. The summed E-state index contributed by atoms with van der Waals surface area (Å²) in [6.45, 7) is 4.60. The number of Topliss-reactive ketones (excluding diaryl/α,β-unsaturated/α-hetero) is 1. The molecule has 3 aliphatic heterocycles. The van der Waals surface area contributed by atoms with Crippen LogP contribution in [0.5, 0.6) is 11.5 Å². The maximum atomic E-state index is 12.9. The molecule has 0 N–H and O–H groups in total. The third-order valence-electron chi connectivity index (χ3n) is 6.98. The quantitative estimate of drug-likeness (QED) is 0.534. The first kappa shape index (κ1) is 21.8. The minimum Gasteiger partial charge on any atom is -0.486 e. The van der Waals surface area contributed by atoms with Crippen molar-refractivity contribution in [2.45, 2.75) is 6.04 Å². The zero-order valence-corrected chi connectivity index (χ0v) is 19.4. The third-order valence-corrected chi connectivity index (χ3v) is 6.98. The largest absolute Gasteiger partial charge is 0.486 e. The molecule has 0 atom stereocenters. The fraction of sp³-hybridized carbons (Fsp3) is 0.286. The number of rotatable bonds is 5. The van der Waals surface area contributed by atoms with Crippen molar-refractivity contribution in [3.63, 3.8) is 0 Å². The van der Waals surface area contributed by atoms with Gasteiger partial charge in [-0.2, -0.15) is 0 Å². The number of hydrogen-bond acceptors (Lipinski definition) is 6. The molecule has 178 valence electrons. The Labute approximate surface area is 204 Å². The smallest absolute Gasteiger partial charge is 0.300 e. The topological polar surface area (TPSA) is 62.3 Å². The number of carbonyl (C=O) groups excluding carboxylic acids is 2. The highest BCUT2D eigenvalue weighted by atomic mass is 16.6. The minimum atomic E-state index is -0.490. The highest BCUT2D eigenvalue weighted by molar-refractivity contribution is 6.52. The molecule has 6 rings (SSSR count). The van der Waals surface area contributed by atoms with Gasteiger partial charge in [0.2, 0.25) is 0 Å². The van der Waals surface area contributed by atoms with E-state index >= 15 is 0 Å². The fourth-order valence-corrected chi connectivity index (χ4v) is 5.22. The van der Waals surface area contributed by atoms with Crippen molar-refractivity contribution in [1.29, 1.82) is 0 Å². The van der Waals surface area contributed by atoms with E-state index in [1.54, 1.807) is 17.0 Å². The number of hydrogen-bond donors (Lipinski definition) is 0. The van der Waals surface area contributed by atoms with E-state index in [1.165, 1.54) is 11.1 Å². The number of nitrogens with zero attached hydrogens (tertiary/aromatic N) is 3. The lowest BCUT2D eigenvalue weighted by molar-refractivity contribution is -0.114. The zero-order chi connectivity index (χ0) is 23.8. The SMILES string of the molecule is O=C1C(=O)N(CN2CCN(C(c3ccccc3)c3ccccc3)CC2)c2cc3c(cc21)OCCO3. The summed E-state index contributed by atoms with van der Waals surface area (Å²) in [5, 5.41) is 0. The molecular formula is C28H27N3O4. The van der Waals surface area contributed by atoms with Crippen molar-refractivity contribution < 1.29 is 19.1 Å². The van der Waals surface area contributed by atoms with Gasteiger partial charge in [-0.05, 0) is 17.2 Å². The predicted molar refractivity (Wildman–Crippen MR) is 132 cm³/mol. The lowest BCUT2D eigenvalue weighted by Gasteiger charge is -2.40. The maximum Gasteiger partial charge on any atom is 0.300 e. The molecular weight excluding hydrogens is 442 g/mol. The van der Waals surface area contributed by atoms with Gasteiger partial charge >= 0.3 is 5.91 Å². The van der Waals surface area contributed by atoms with Gasteiger partial charge in [-0.3, -0.25) is 24.3 Å². The molecule has 0 spiro atoms. The van der Waals surface area contributed by atoms with E-state index in [2.05, 4.69) is 58.3 Å². The number of piperazine rings is 1. The standard InChI is InChI=1S/C28H27N3O4/c32-27-22-17-24-25(35-16-15-34-24)18-23(22)31(28(27)33)19-29-11-13-30(14-12-29)26(20-7-3-1-4-8-20)21-9-5-2-6-10-21/h1-10,17-18,26H,11-16,19H2. The van der Waals surface area contributed by atoms with Crippen LogP contribution in [-0.2, 0) is 4.79 Å². The van der Waals surface area contributed by atoms with E-state index in [0.717, 1.165) is 26.2 Å². The molecule has 3 aromatic rings. The number of fused-ring (bicyclic) bond motifs is 2. The van der Waals surface area contributed by atoms with Gasteiger partial charge in [0.1, 0.15) is 13.2 Å². The lowest BCUT2D eigenvalue weighted by Crippen LogP contribution is -2.51. The zero-order valence-electron chi connectivity index (χ0n) is 19.4. The number of amides is 1. The molecule has 1 saturated heterocycles. The molecule has 3 heterocycles. The first-order chi connectivity index (χ1) is 17.2. The molecule has 7 nitrogen and oxygen atoms in total. The van der Waals surface area contributed by atoms with Gasteiger partial charge in [0.25, 0.3) is 5.78 Å². The van der Waals surface area contributed by atoms with E-state index < -0.39 is 11.7 Å². The Bertz CT molecular complexity index is 1200. The molecule has 0 aromatic heterocycles. The average Bonchev–Trinajstić information content (AvgIpc) is 3.14. The van der Waals surface area contributed by atoms with Crippen molar-refractivity contribution in [3.05, 3.63) is 89.5 Å². The fourth-order valence-electron chi connectivity index (χ4n) is 5.22. The molecule has 1 fully saturated rings. The van der Waals surface area contributed by atoms with Gasteiger partial charge in [-0.25, -0.2) is 0 Å². The first-order valence-corrected chi connectivity index (χ1v) is 12.1. The van der Waals surface area contributed by atoms with Crippen molar-refractivity contribution in [3.8, 4) is 11.5 Å². The van der Waals surface area contributed by atoms with Crippen LogP contribution in [0.1, 0.15) is 27.5 Å². The van der Waals surface area contributed by atoms with Crippen LogP contribution in [0.4, 0.5) is 5.69 Å². The number of anilines is 1. The minimum absolute atomic E-state index is 0.180. The van der Waals surface area contributed by atoms with Crippen LogP contribution in [0.2, 0.25) is 0 Å². The Morgan fingerprint density at radius 3 is 1.91 bits per heavy atom. The van der Waals surface area contributed by atoms with Crippen molar-refractivity contribution >= 4 is 17.4 Å². The number of ketones is 1. The molecule has 3 aliphatic rings. The van der Waals surface area contributed by atoms with Crippen LogP contribution in [-0.4, -0.2) is 67.6 Å². The average molecular weight is 470 g/mol. The lowest BCUT2D eigenvalue weighted by atomic mass is 9.96. The van der Waals surface area contributed by atoms with Gasteiger partial charge < -0.3 is 9.47 Å². The van der Waals surface area contributed by atoms with Crippen molar-refractivity contribution in [2.75, 3.05) is 51.0 Å². The van der Waals surface area contributed by atoms with Crippen LogP contribution < -0.4 is 14.4 Å².